The third kappa shape index (κ3) is 3.85. The lowest BCUT2D eigenvalue weighted by Gasteiger charge is -2.25. The van der Waals surface area contributed by atoms with E-state index < -0.39 is 0 Å². The molecular weight excluding hydrogens is 208 g/mol. The summed E-state index contributed by atoms with van der Waals surface area (Å²) in [6, 6.07) is 3.73. The van der Waals surface area contributed by atoms with Gasteiger partial charge in [0.1, 0.15) is 13.1 Å². The van der Waals surface area contributed by atoms with Gasteiger partial charge in [-0.25, -0.2) is 0 Å². The SMILES string of the molecule is N#CCN(CC#N)C(=O)CC1COCCN1. The molecule has 0 aromatic heterocycles. The number of nitriles is 2. The second-order valence-corrected chi connectivity index (χ2v) is 3.50. The lowest BCUT2D eigenvalue weighted by Crippen LogP contribution is -2.45. The van der Waals surface area contributed by atoms with Crippen LogP contribution in [0.1, 0.15) is 6.42 Å². The summed E-state index contributed by atoms with van der Waals surface area (Å²) in [4.78, 5) is 13.0. The molecule has 0 radical (unpaired) electrons. The van der Waals surface area contributed by atoms with Gasteiger partial charge < -0.3 is 15.0 Å². The van der Waals surface area contributed by atoms with Gasteiger partial charge in [-0.1, -0.05) is 0 Å². The second-order valence-electron chi connectivity index (χ2n) is 3.50. The van der Waals surface area contributed by atoms with Crippen LogP contribution in [0, 0.1) is 22.7 Å². The van der Waals surface area contributed by atoms with Crippen molar-refractivity contribution in [1.29, 1.82) is 10.5 Å². The van der Waals surface area contributed by atoms with Crippen molar-refractivity contribution in [3.05, 3.63) is 0 Å². The van der Waals surface area contributed by atoms with Crippen LogP contribution in [0.5, 0.6) is 0 Å². The van der Waals surface area contributed by atoms with Crippen LogP contribution >= 0.6 is 0 Å². The third-order valence-corrected chi connectivity index (χ3v) is 2.30. The summed E-state index contributed by atoms with van der Waals surface area (Å²) in [5.41, 5.74) is 0. The van der Waals surface area contributed by atoms with Gasteiger partial charge in [-0.05, 0) is 0 Å². The van der Waals surface area contributed by atoms with Gasteiger partial charge in [0.15, 0.2) is 0 Å². The lowest BCUT2D eigenvalue weighted by molar-refractivity contribution is -0.131. The van der Waals surface area contributed by atoms with Gasteiger partial charge in [0.05, 0.1) is 25.4 Å². The Morgan fingerprint density at radius 2 is 2.12 bits per heavy atom. The van der Waals surface area contributed by atoms with E-state index in [1.165, 1.54) is 4.90 Å². The third-order valence-electron chi connectivity index (χ3n) is 2.30. The molecule has 1 atom stereocenters. The van der Waals surface area contributed by atoms with E-state index in [1.807, 2.05) is 12.1 Å². The molecule has 6 nitrogen and oxygen atoms in total. The summed E-state index contributed by atoms with van der Waals surface area (Å²) in [5.74, 6) is -0.189. The Labute approximate surface area is 94.4 Å². The molecule has 1 aliphatic heterocycles. The van der Waals surface area contributed by atoms with Crippen molar-refractivity contribution in [2.24, 2.45) is 0 Å². The highest BCUT2D eigenvalue weighted by Crippen LogP contribution is 2.02. The van der Waals surface area contributed by atoms with Crippen molar-refractivity contribution in [3.63, 3.8) is 0 Å². The van der Waals surface area contributed by atoms with Crippen molar-refractivity contribution >= 4 is 5.91 Å². The smallest absolute Gasteiger partial charge is 0.225 e. The van der Waals surface area contributed by atoms with Gasteiger partial charge in [-0.15, -0.1) is 0 Å². The highest BCUT2D eigenvalue weighted by molar-refractivity contribution is 5.77. The Balaban J connectivity index is 2.41. The summed E-state index contributed by atoms with van der Waals surface area (Å²) in [6.45, 7) is 1.80. The summed E-state index contributed by atoms with van der Waals surface area (Å²) in [6.07, 6.45) is 0.267. The van der Waals surface area contributed by atoms with Crippen molar-refractivity contribution in [2.45, 2.75) is 12.5 Å². The molecule has 1 fully saturated rings. The number of nitrogens with one attached hydrogen (secondary N) is 1. The first kappa shape index (κ1) is 12.4. The number of morpholine rings is 1. The van der Waals surface area contributed by atoms with Gasteiger partial charge in [0.25, 0.3) is 0 Å². The minimum atomic E-state index is -0.189. The molecular formula is C10H14N4O2. The van der Waals surface area contributed by atoms with Crippen molar-refractivity contribution < 1.29 is 9.53 Å². The van der Waals surface area contributed by atoms with Crippen LogP contribution < -0.4 is 5.32 Å². The largest absolute Gasteiger partial charge is 0.378 e. The van der Waals surface area contributed by atoms with Crippen molar-refractivity contribution in [1.82, 2.24) is 10.2 Å². The molecule has 6 heteroatoms. The van der Waals surface area contributed by atoms with Gasteiger partial charge in [-0.2, -0.15) is 10.5 Å². The molecule has 1 amide bonds. The first-order chi connectivity index (χ1) is 7.77. The van der Waals surface area contributed by atoms with Crippen LogP contribution in [-0.2, 0) is 9.53 Å². The van der Waals surface area contributed by atoms with E-state index in [9.17, 15) is 4.79 Å². The van der Waals surface area contributed by atoms with E-state index in [0.29, 0.717) is 13.2 Å². The number of carbonyl (C=O) groups is 1. The zero-order chi connectivity index (χ0) is 11.8. The van der Waals surface area contributed by atoms with Crippen LogP contribution in [0.3, 0.4) is 0 Å². The van der Waals surface area contributed by atoms with Crippen LogP contribution in [0.4, 0.5) is 0 Å². The molecule has 0 spiro atoms. The van der Waals surface area contributed by atoms with E-state index >= 15 is 0 Å². The average Bonchev–Trinajstić information content (AvgIpc) is 2.30. The number of carbonyl (C=O) groups excluding carboxylic acids is 1. The topological polar surface area (TPSA) is 89.2 Å². The second kappa shape index (κ2) is 6.78. The number of hydrogen-bond acceptors (Lipinski definition) is 5. The van der Waals surface area contributed by atoms with Crippen molar-refractivity contribution in [2.75, 3.05) is 32.8 Å². The molecule has 1 unspecified atom stereocenters. The highest BCUT2D eigenvalue weighted by atomic mass is 16.5. The number of nitrogens with zero attached hydrogens (tertiary/aromatic N) is 3. The van der Waals surface area contributed by atoms with Crippen molar-refractivity contribution in [3.8, 4) is 12.1 Å². The molecule has 0 aromatic carbocycles. The molecule has 0 aliphatic carbocycles. The predicted octanol–water partition coefficient (Wildman–Crippen LogP) is -0.759. The van der Waals surface area contributed by atoms with Gasteiger partial charge in [0, 0.05) is 19.0 Å². The Morgan fingerprint density at radius 3 is 2.62 bits per heavy atom. The predicted molar refractivity (Wildman–Crippen MR) is 55.0 cm³/mol. The Morgan fingerprint density at radius 1 is 1.44 bits per heavy atom. The molecule has 0 aromatic rings. The Bertz CT molecular complexity index is 296. The fourth-order valence-corrected chi connectivity index (χ4v) is 1.49. The molecule has 1 heterocycles. The van der Waals surface area contributed by atoms with E-state index in [1.54, 1.807) is 0 Å². The van der Waals surface area contributed by atoms with Crippen LogP contribution in [0.2, 0.25) is 0 Å². The molecule has 16 heavy (non-hydrogen) atoms. The summed E-state index contributed by atoms with van der Waals surface area (Å²) >= 11 is 0. The summed E-state index contributed by atoms with van der Waals surface area (Å²) < 4.78 is 5.22. The van der Waals surface area contributed by atoms with Crippen LogP contribution in [-0.4, -0.2) is 49.7 Å². The normalized spacial score (nSPS) is 19.5. The lowest BCUT2D eigenvalue weighted by atomic mass is 10.2. The maximum absolute atomic E-state index is 11.7. The maximum atomic E-state index is 11.7. The Hall–Kier alpha value is -1.63. The molecule has 1 saturated heterocycles. The molecule has 0 bridgehead atoms. The summed E-state index contributed by atoms with van der Waals surface area (Å²) in [7, 11) is 0. The van der Waals surface area contributed by atoms with Gasteiger partial charge in [0.2, 0.25) is 5.91 Å². The number of hydrogen-bond donors (Lipinski definition) is 1. The monoisotopic (exact) mass is 222 g/mol. The maximum Gasteiger partial charge on any atom is 0.225 e. The van der Waals surface area contributed by atoms with E-state index in [0.717, 1.165) is 6.54 Å². The highest BCUT2D eigenvalue weighted by Gasteiger charge is 2.20. The van der Waals surface area contributed by atoms with Crippen LogP contribution in [0.25, 0.3) is 0 Å². The minimum absolute atomic E-state index is 0.0128. The number of ether oxygens (including phenoxy) is 1. The minimum Gasteiger partial charge on any atom is -0.378 e. The van der Waals surface area contributed by atoms with Gasteiger partial charge in [-0.3, -0.25) is 4.79 Å². The fraction of sp³-hybridized carbons (Fsp3) is 0.700. The zero-order valence-electron chi connectivity index (χ0n) is 8.98. The van der Waals surface area contributed by atoms with Crippen LogP contribution in [0.15, 0.2) is 0 Å². The van der Waals surface area contributed by atoms with E-state index in [2.05, 4.69) is 5.32 Å². The van der Waals surface area contributed by atoms with E-state index in [4.69, 9.17) is 15.3 Å². The Kier molecular flexibility index (Phi) is 5.27. The number of amides is 1. The first-order valence-corrected chi connectivity index (χ1v) is 5.10. The first-order valence-electron chi connectivity index (χ1n) is 5.10. The standard InChI is InChI=1S/C10H14N4O2/c11-1-4-14(5-2-12)10(15)7-9-8-16-6-3-13-9/h9,13H,3-8H2. The van der Waals surface area contributed by atoms with E-state index in [-0.39, 0.29) is 31.5 Å². The number of rotatable bonds is 4. The quantitative estimate of drug-likeness (QED) is 0.631. The molecule has 1 N–H and O–H groups in total. The van der Waals surface area contributed by atoms with Gasteiger partial charge >= 0.3 is 0 Å². The molecule has 86 valence electrons. The zero-order valence-corrected chi connectivity index (χ0v) is 8.98. The summed E-state index contributed by atoms with van der Waals surface area (Å²) in [5, 5.41) is 20.2. The molecule has 1 rings (SSSR count). The fourth-order valence-electron chi connectivity index (χ4n) is 1.49. The molecule has 1 aliphatic rings. The molecule has 0 saturated carbocycles. The average molecular weight is 222 g/mol.